The average molecular weight is 555 g/mol. The second kappa shape index (κ2) is 12.9. The van der Waals surface area contributed by atoms with Crippen LogP contribution < -0.4 is 10.1 Å². The standard InChI is InChI=1S/C29H31FN2O6S/c30-24-7-4-6-22(20-24)14-16-31-28(34)29(15-19-39(35,36)26-8-2-1-3-9-26)21-38-27(32-29)23-10-12-25(13-11-23)37-18-5-17-33/h1-4,6-13,20,33H,5,14-19,21H2,(H,31,34)/t29-/m1/s1. The normalized spacial score (nSPS) is 16.8. The minimum absolute atomic E-state index is 0.0368. The van der Waals surface area contributed by atoms with Crippen LogP contribution in [0.1, 0.15) is 24.0 Å². The highest BCUT2D eigenvalue weighted by atomic mass is 32.2. The van der Waals surface area contributed by atoms with E-state index in [-0.39, 0.29) is 48.5 Å². The number of amides is 1. The van der Waals surface area contributed by atoms with Crippen molar-refractivity contribution < 1.29 is 32.2 Å². The fourth-order valence-corrected chi connectivity index (χ4v) is 5.54. The van der Waals surface area contributed by atoms with E-state index in [1.165, 1.54) is 24.3 Å². The Morgan fingerprint density at radius 2 is 1.85 bits per heavy atom. The van der Waals surface area contributed by atoms with Crippen LogP contribution in [0.25, 0.3) is 0 Å². The Balaban J connectivity index is 1.52. The molecule has 8 nitrogen and oxygen atoms in total. The van der Waals surface area contributed by atoms with Gasteiger partial charge in [0, 0.05) is 25.1 Å². The van der Waals surface area contributed by atoms with Crippen LogP contribution >= 0.6 is 0 Å². The Labute approximate surface area is 227 Å². The van der Waals surface area contributed by atoms with E-state index < -0.39 is 21.3 Å². The first-order valence-corrected chi connectivity index (χ1v) is 14.3. The average Bonchev–Trinajstić information content (AvgIpc) is 3.39. The largest absolute Gasteiger partial charge is 0.494 e. The van der Waals surface area contributed by atoms with Crippen molar-refractivity contribution in [3.8, 4) is 5.75 Å². The highest BCUT2D eigenvalue weighted by Crippen LogP contribution is 2.28. The summed E-state index contributed by atoms with van der Waals surface area (Å²) in [6.45, 7) is 0.518. The molecule has 2 N–H and O–H groups in total. The molecule has 1 aliphatic rings. The van der Waals surface area contributed by atoms with E-state index in [1.807, 2.05) is 0 Å². The zero-order valence-electron chi connectivity index (χ0n) is 21.4. The molecular formula is C29H31FN2O6S. The zero-order chi connectivity index (χ0) is 27.7. The van der Waals surface area contributed by atoms with Crippen molar-refractivity contribution in [3.05, 3.63) is 95.8 Å². The van der Waals surface area contributed by atoms with E-state index in [0.29, 0.717) is 30.8 Å². The maximum Gasteiger partial charge on any atom is 0.251 e. The summed E-state index contributed by atoms with van der Waals surface area (Å²) in [5.41, 5.74) is -0.107. The van der Waals surface area contributed by atoms with Crippen molar-refractivity contribution >= 4 is 21.6 Å². The van der Waals surface area contributed by atoms with E-state index >= 15 is 0 Å². The van der Waals surface area contributed by atoms with Gasteiger partial charge in [-0.05, 0) is 66.9 Å². The second-order valence-electron chi connectivity index (χ2n) is 9.20. The van der Waals surface area contributed by atoms with Crippen molar-refractivity contribution in [3.63, 3.8) is 0 Å². The number of aliphatic imine (C=N–C) groups is 1. The van der Waals surface area contributed by atoms with Crippen LogP contribution in [0.3, 0.4) is 0 Å². The van der Waals surface area contributed by atoms with Gasteiger partial charge in [-0.1, -0.05) is 30.3 Å². The van der Waals surface area contributed by atoms with Crippen LogP contribution in [0.2, 0.25) is 0 Å². The molecule has 10 heteroatoms. The van der Waals surface area contributed by atoms with E-state index in [4.69, 9.17) is 14.6 Å². The van der Waals surface area contributed by atoms with Gasteiger partial charge < -0.3 is 19.9 Å². The number of halogens is 1. The zero-order valence-corrected chi connectivity index (χ0v) is 22.2. The van der Waals surface area contributed by atoms with E-state index in [1.54, 1.807) is 54.6 Å². The number of ether oxygens (including phenoxy) is 2. The molecule has 1 amide bonds. The van der Waals surface area contributed by atoms with Gasteiger partial charge in [0.1, 0.15) is 18.2 Å². The summed E-state index contributed by atoms with van der Waals surface area (Å²) in [5, 5.41) is 11.7. The number of sulfone groups is 1. The van der Waals surface area contributed by atoms with Gasteiger partial charge in [0.2, 0.25) is 5.90 Å². The molecule has 0 radical (unpaired) electrons. The van der Waals surface area contributed by atoms with Crippen LogP contribution in [0, 0.1) is 5.82 Å². The number of aliphatic hydroxyl groups is 1. The molecule has 39 heavy (non-hydrogen) atoms. The van der Waals surface area contributed by atoms with Gasteiger partial charge in [-0.3, -0.25) is 4.79 Å². The lowest BCUT2D eigenvalue weighted by Crippen LogP contribution is -2.48. The van der Waals surface area contributed by atoms with Crippen LogP contribution in [0.4, 0.5) is 4.39 Å². The van der Waals surface area contributed by atoms with Gasteiger partial charge in [-0.2, -0.15) is 0 Å². The second-order valence-corrected chi connectivity index (χ2v) is 11.3. The molecule has 0 fully saturated rings. The molecule has 0 unspecified atom stereocenters. The van der Waals surface area contributed by atoms with Crippen LogP contribution in [-0.4, -0.2) is 63.0 Å². The first-order chi connectivity index (χ1) is 18.8. The Kier molecular flexibility index (Phi) is 9.32. The fraction of sp³-hybridized carbons (Fsp3) is 0.310. The third-order valence-electron chi connectivity index (χ3n) is 6.33. The van der Waals surface area contributed by atoms with Gasteiger partial charge >= 0.3 is 0 Å². The van der Waals surface area contributed by atoms with Crippen molar-refractivity contribution in [1.82, 2.24) is 5.32 Å². The molecule has 1 aliphatic heterocycles. The number of nitrogens with one attached hydrogen (secondary N) is 1. The molecule has 0 spiro atoms. The molecule has 0 aliphatic carbocycles. The molecule has 3 aromatic carbocycles. The lowest BCUT2D eigenvalue weighted by Gasteiger charge is -2.23. The summed E-state index contributed by atoms with van der Waals surface area (Å²) in [5.74, 6) is -0.271. The summed E-state index contributed by atoms with van der Waals surface area (Å²) in [4.78, 5) is 18.2. The van der Waals surface area contributed by atoms with Gasteiger partial charge in [-0.15, -0.1) is 0 Å². The number of aliphatic hydroxyl groups excluding tert-OH is 1. The van der Waals surface area contributed by atoms with Crippen molar-refractivity contribution in [1.29, 1.82) is 0 Å². The number of carbonyl (C=O) groups excluding carboxylic acids is 1. The Hall–Kier alpha value is -3.76. The molecule has 1 atom stereocenters. The maximum absolute atomic E-state index is 13.5. The lowest BCUT2D eigenvalue weighted by molar-refractivity contribution is -0.126. The molecule has 1 heterocycles. The SMILES string of the molecule is O=C(NCCc1cccc(F)c1)[C@@]1(CCS(=O)(=O)c2ccccc2)COC(c2ccc(OCCCO)cc2)=N1. The quantitative estimate of drug-likeness (QED) is 0.314. The first kappa shape index (κ1) is 28.3. The third-order valence-corrected chi connectivity index (χ3v) is 8.07. The van der Waals surface area contributed by atoms with Crippen LogP contribution in [0.5, 0.6) is 5.75 Å². The van der Waals surface area contributed by atoms with Crippen LogP contribution in [-0.2, 0) is 25.8 Å². The number of benzene rings is 3. The Morgan fingerprint density at radius 1 is 1.08 bits per heavy atom. The number of hydrogen-bond donors (Lipinski definition) is 2. The van der Waals surface area contributed by atoms with Gasteiger partial charge in [0.15, 0.2) is 15.4 Å². The molecule has 206 valence electrons. The van der Waals surface area contributed by atoms with Crippen LogP contribution in [0.15, 0.2) is 88.8 Å². The molecule has 0 bridgehead atoms. The predicted molar refractivity (Wildman–Crippen MR) is 145 cm³/mol. The maximum atomic E-state index is 13.5. The molecule has 0 aromatic heterocycles. The van der Waals surface area contributed by atoms with Crippen molar-refractivity contribution in [2.75, 3.05) is 32.1 Å². The monoisotopic (exact) mass is 554 g/mol. The number of rotatable bonds is 13. The minimum Gasteiger partial charge on any atom is -0.494 e. The van der Waals surface area contributed by atoms with Gasteiger partial charge in [0.05, 0.1) is 17.3 Å². The highest BCUT2D eigenvalue weighted by Gasteiger charge is 2.45. The van der Waals surface area contributed by atoms with E-state index in [2.05, 4.69) is 10.3 Å². The summed E-state index contributed by atoms with van der Waals surface area (Å²) in [7, 11) is -3.67. The third kappa shape index (κ3) is 7.42. The molecule has 3 aromatic rings. The van der Waals surface area contributed by atoms with E-state index in [9.17, 15) is 17.6 Å². The predicted octanol–water partition coefficient (Wildman–Crippen LogP) is 3.33. The molecule has 0 saturated heterocycles. The summed E-state index contributed by atoms with van der Waals surface area (Å²) in [6, 6.07) is 21.1. The van der Waals surface area contributed by atoms with Gasteiger partial charge in [-0.25, -0.2) is 17.8 Å². The lowest BCUT2D eigenvalue weighted by atomic mass is 9.97. The highest BCUT2D eigenvalue weighted by molar-refractivity contribution is 7.91. The fourth-order valence-electron chi connectivity index (χ4n) is 4.13. The van der Waals surface area contributed by atoms with E-state index in [0.717, 1.165) is 5.56 Å². The number of hydrogen-bond acceptors (Lipinski definition) is 7. The number of carbonyl (C=O) groups is 1. The number of nitrogens with zero attached hydrogens (tertiary/aromatic N) is 1. The minimum atomic E-state index is -3.67. The first-order valence-electron chi connectivity index (χ1n) is 12.7. The summed E-state index contributed by atoms with van der Waals surface area (Å²) < 4.78 is 50.9. The smallest absolute Gasteiger partial charge is 0.251 e. The van der Waals surface area contributed by atoms with Gasteiger partial charge in [0.25, 0.3) is 5.91 Å². The van der Waals surface area contributed by atoms with Crippen molar-refractivity contribution in [2.45, 2.75) is 29.7 Å². The molecular weight excluding hydrogens is 523 g/mol. The summed E-state index contributed by atoms with van der Waals surface area (Å²) in [6.07, 6.45) is 0.833. The molecule has 0 saturated carbocycles. The van der Waals surface area contributed by atoms with Crippen molar-refractivity contribution in [2.24, 2.45) is 4.99 Å². The molecule has 4 rings (SSSR count). The Bertz CT molecular complexity index is 1400. The Morgan fingerprint density at radius 3 is 2.56 bits per heavy atom. The summed E-state index contributed by atoms with van der Waals surface area (Å²) >= 11 is 0. The topological polar surface area (TPSA) is 114 Å².